The fourth-order valence-corrected chi connectivity index (χ4v) is 8.69. The van der Waals surface area contributed by atoms with Crippen LogP contribution in [-0.4, -0.2) is 74.5 Å². The summed E-state index contributed by atoms with van der Waals surface area (Å²) in [5.41, 5.74) is 0. The van der Waals surface area contributed by atoms with Crippen LogP contribution in [0.5, 0.6) is 0 Å². The molecule has 0 aliphatic heterocycles. The Hall–Kier alpha value is -1.54. The highest BCUT2D eigenvalue weighted by Gasteiger charge is 2.06. The summed E-state index contributed by atoms with van der Waals surface area (Å²) in [5.74, 6) is 0. The Kier molecular flexibility index (Phi) is 52.5. The van der Waals surface area contributed by atoms with Gasteiger partial charge in [-0.1, -0.05) is 232 Å². The highest BCUT2D eigenvalue weighted by molar-refractivity contribution is 5.74. The van der Waals surface area contributed by atoms with E-state index in [4.69, 9.17) is 0 Å². The summed E-state index contributed by atoms with van der Waals surface area (Å²) in [4.78, 5) is 27.0. The summed E-state index contributed by atoms with van der Waals surface area (Å²) in [6, 6.07) is -0.0263. The van der Waals surface area contributed by atoms with Crippen LogP contribution in [0.1, 0.15) is 284 Å². The molecule has 5 N–H and O–H groups in total. The molecule has 0 aromatic carbocycles. The van der Waals surface area contributed by atoms with Crippen LogP contribution >= 0.6 is 0 Å². The predicted molar refractivity (Wildman–Crippen MR) is 272 cm³/mol. The van der Waals surface area contributed by atoms with Crippen LogP contribution < -0.4 is 21.3 Å². The summed E-state index contributed by atoms with van der Waals surface area (Å²) >= 11 is 0. The normalized spacial score (nSPS) is 11.4. The maximum Gasteiger partial charge on any atom is 0.314 e. The molecule has 0 spiro atoms. The molecule has 4 amide bonds. The number of unbranched alkanes of at least 4 members (excludes halogenated alkanes) is 37. The molecule has 0 bridgehead atoms. The molecular weight excluding hydrogens is 767 g/mol. The van der Waals surface area contributed by atoms with E-state index < -0.39 is 0 Å². The van der Waals surface area contributed by atoms with Crippen LogP contribution in [0, 0.1) is 0 Å². The van der Waals surface area contributed by atoms with Gasteiger partial charge in [0.1, 0.15) is 0 Å². The van der Waals surface area contributed by atoms with Crippen molar-refractivity contribution >= 4 is 12.1 Å². The molecule has 0 saturated heterocycles. The van der Waals surface area contributed by atoms with Crippen molar-refractivity contribution in [3.63, 3.8) is 0 Å². The topological polar surface area (TPSA) is 106 Å². The van der Waals surface area contributed by atoms with E-state index in [0.717, 1.165) is 97.2 Å². The number of aliphatic hydroxyl groups is 1. The van der Waals surface area contributed by atoms with Crippen molar-refractivity contribution in [3.8, 4) is 0 Å². The van der Waals surface area contributed by atoms with E-state index in [1.165, 1.54) is 218 Å². The van der Waals surface area contributed by atoms with Gasteiger partial charge in [0.15, 0.2) is 0 Å². The third-order valence-corrected chi connectivity index (χ3v) is 12.9. The lowest BCUT2D eigenvalue weighted by Crippen LogP contribution is -2.36. The average Bonchev–Trinajstić information content (AvgIpc) is 3.27. The van der Waals surface area contributed by atoms with E-state index in [2.05, 4.69) is 40.0 Å². The third-order valence-electron chi connectivity index (χ3n) is 12.9. The standard InChI is InChI=1S/C54H111N5O3/c1-3-5-7-9-11-13-15-17-19-21-23-25-27-29-31-37-45-55-53(61)57-47-39-33-35-41-49-59(51-43-44-52-60)50-42-36-34-40-48-58-54(62)56-46-38-32-30-28-26-24-22-20-18-16-14-12-10-8-6-4-2/h60H,3-52H2,1-2H3,(H2,55,57,61)(H2,56,58,62). The van der Waals surface area contributed by atoms with Gasteiger partial charge >= 0.3 is 12.1 Å². The molecule has 0 atom stereocenters. The summed E-state index contributed by atoms with van der Waals surface area (Å²) in [6.07, 6.45) is 54.8. The van der Waals surface area contributed by atoms with Crippen molar-refractivity contribution in [1.82, 2.24) is 26.2 Å². The number of carbonyl (C=O) groups excluding carboxylic acids is 2. The molecule has 62 heavy (non-hydrogen) atoms. The number of nitrogens with one attached hydrogen (secondary N) is 4. The van der Waals surface area contributed by atoms with E-state index in [1.54, 1.807) is 0 Å². The van der Waals surface area contributed by atoms with Gasteiger partial charge < -0.3 is 31.3 Å². The Morgan fingerprint density at radius 1 is 0.290 bits per heavy atom. The van der Waals surface area contributed by atoms with E-state index in [-0.39, 0.29) is 18.7 Å². The van der Waals surface area contributed by atoms with Crippen LogP contribution in [0.3, 0.4) is 0 Å². The molecule has 370 valence electrons. The fourth-order valence-electron chi connectivity index (χ4n) is 8.69. The SMILES string of the molecule is CCCCCCCCCCCCCCCCCCNC(=O)NCCCCCCN(CCCCO)CCCCCCNC(=O)NCCCCCCCCCCCCCCCCCC. The van der Waals surface area contributed by atoms with Crippen LogP contribution in [0.2, 0.25) is 0 Å². The highest BCUT2D eigenvalue weighted by atomic mass is 16.3. The predicted octanol–water partition coefficient (Wildman–Crippen LogP) is 15.3. The number of hydrogen-bond acceptors (Lipinski definition) is 4. The zero-order valence-electron chi connectivity index (χ0n) is 42.1. The molecule has 8 heteroatoms. The van der Waals surface area contributed by atoms with Gasteiger partial charge in [0.2, 0.25) is 0 Å². The van der Waals surface area contributed by atoms with Crippen molar-refractivity contribution in [2.45, 2.75) is 284 Å². The second kappa shape index (κ2) is 53.8. The Morgan fingerprint density at radius 2 is 0.484 bits per heavy atom. The fraction of sp³-hybridized carbons (Fsp3) is 0.963. The van der Waals surface area contributed by atoms with Gasteiger partial charge in [0.25, 0.3) is 0 Å². The van der Waals surface area contributed by atoms with Gasteiger partial charge in [0.05, 0.1) is 0 Å². The molecule has 0 radical (unpaired) electrons. The first kappa shape index (κ1) is 60.5. The van der Waals surface area contributed by atoms with Gasteiger partial charge in [-0.05, 0) is 71.0 Å². The average molecular weight is 879 g/mol. The second-order valence-corrected chi connectivity index (χ2v) is 19.1. The number of amides is 4. The van der Waals surface area contributed by atoms with Crippen molar-refractivity contribution < 1.29 is 14.7 Å². The van der Waals surface area contributed by atoms with Crippen molar-refractivity contribution in [2.75, 3.05) is 52.4 Å². The smallest absolute Gasteiger partial charge is 0.314 e. The molecule has 0 unspecified atom stereocenters. The Morgan fingerprint density at radius 3 is 0.710 bits per heavy atom. The lowest BCUT2D eigenvalue weighted by molar-refractivity contribution is 0.233. The summed E-state index contributed by atoms with van der Waals surface area (Å²) in [5, 5.41) is 21.5. The van der Waals surface area contributed by atoms with Crippen molar-refractivity contribution in [1.29, 1.82) is 0 Å². The zero-order chi connectivity index (χ0) is 44.9. The lowest BCUT2D eigenvalue weighted by atomic mass is 10.0. The molecule has 8 nitrogen and oxygen atoms in total. The molecular formula is C54H111N5O3. The van der Waals surface area contributed by atoms with Gasteiger partial charge in [0, 0.05) is 32.8 Å². The number of rotatable bonds is 52. The zero-order valence-corrected chi connectivity index (χ0v) is 42.1. The van der Waals surface area contributed by atoms with Gasteiger partial charge in [-0.15, -0.1) is 0 Å². The minimum atomic E-state index is -0.0131. The highest BCUT2D eigenvalue weighted by Crippen LogP contribution is 2.15. The van der Waals surface area contributed by atoms with E-state index in [9.17, 15) is 14.7 Å². The van der Waals surface area contributed by atoms with E-state index in [1.807, 2.05) is 0 Å². The molecule has 0 heterocycles. The lowest BCUT2D eigenvalue weighted by Gasteiger charge is -2.22. The Balaban J connectivity index is 3.60. The first-order valence-corrected chi connectivity index (χ1v) is 28.0. The number of hydrogen-bond donors (Lipinski definition) is 5. The monoisotopic (exact) mass is 878 g/mol. The molecule has 0 saturated carbocycles. The third kappa shape index (κ3) is 51.1. The first-order valence-electron chi connectivity index (χ1n) is 28.0. The van der Waals surface area contributed by atoms with Gasteiger partial charge in [-0.2, -0.15) is 0 Å². The van der Waals surface area contributed by atoms with Gasteiger partial charge in [-0.3, -0.25) is 0 Å². The first-order chi connectivity index (χ1) is 30.6. The number of aliphatic hydroxyl groups excluding tert-OH is 1. The second-order valence-electron chi connectivity index (χ2n) is 19.1. The largest absolute Gasteiger partial charge is 0.396 e. The minimum Gasteiger partial charge on any atom is -0.396 e. The van der Waals surface area contributed by atoms with Crippen molar-refractivity contribution in [3.05, 3.63) is 0 Å². The van der Waals surface area contributed by atoms with Crippen LogP contribution in [0.15, 0.2) is 0 Å². The molecule has 0 fully saturated rings. The summed E-state index contributed by atoms with van der Waals surface area (Å²) < 4.78 is 0. The molecule has 0 aliphatic rings. The number of urea groups is 2. The van der Waals surface area contributed by atoms with Crippen LogP contribution in [-0.2, 0) is 0 Å². The molecule has 0 rings (SSSR count). The van der Waals surface area contributed by atoms with Crippen LogP contribution in [0.25, 0.3) is 0 Å². The maximum absolute atomic E-state index is 12.2. The van der Waals surface area contributed by atoms with Crippen molar-refractivity contribution in [2.24, 2.45) is 0 Å². The number of carbonyl (C=O) groups is 2. The van der Waals surface area contributed by atoms with E-state index in [0.29, 0.717) is 0 Å². The Labute approximate surface area is 387 Å². The summed E-state index contributed by atoms with van der Waals surface area (Å²) in [6.45, 7) is 11.2. The maximum atomic E-state index is 12.2. The van der Waals surface area contributed by atoms with Crippen LogP contribution in [0.4, 0.5) is 9.59 Å². The molecule has 0 aromatic heterocycles. The Bertz CT molecular complexity index is 813. The molecule has 0 aliphatic carbocycles. The molecule has 0 aromatic rings. The quantitative estimate of drug-likeness (QED) is 0.0393. The minimum absolute atomic E-state index is 0.0131. The van der Waals surface area contributed by atoms with E-state index >= 15 is 0 Å². The summed E-state index contributed by atoms with van der Waals surface area (Å²) in [7, 11) is 0. The van der Waals surface area contributed by atoms with Gasteiger partial charge in [-0.25, -0.2) is 9.59 Å². The number of nitrogens with zero attached hydrogens (tertiary/aromatic N) is 1.